The maximum Gasteiger partial charge on any atom is 0.257 e. The van der Waals surface area contributed by atoms with Crippen molar-refractivity contribution in [1.29, 1.82) is 0 Å². The Morgan fingerprint density at radius 3 is 3.00 bits per heavy atom. The van der Waals surface area contributed by atoms with Gasteiger partial charge in [-0.1, -0.05) is 11.8 Å². The third-order valence-corrected chi connectivity index (χ3v) is 2.62. The maximum absolute atomic E-state index is 10.8. The van der Waals surface area contributed by atoms with Crippen molar-refractivity contribution in [3.63, 3.8) is 0 Å². The molecule has 0 aliphatic carbocycles. The monoisotopic (exact) mass is 181 g/mol. The summed E-state index contributed by atoms with van der Waals surface area (Å²) < 4.78 is 5.11. The molecule has 0 saturated carbocycles. The Bertz CT molecular complexity index is 354. The van der Waals surface area contributed by atoms with E-state index in [1.807, 2.05) is 13.0 Å². The third kappa shape index (κ3) is 1.18. The lowest BCUT2D eigenvalue weighted by atomic mass is 10.3. The average molecular weight is 181 g/mol. The molecule has 0 spiro atoms. The van der Waals surface area contributed by atoms with Gasteiger partial charge >= 0.3 is 0 Å². The average Bonchev–Trinajstić information content (AvgIpc) is 2.58. The van der Waals surface area contributed by atoms with Crippen LogP contribution in [0.4, 0.5) is 0 Å². The van der Waals surface area contributed by atoms with Gasteiger partial charge in [0, 0.05) is 5.56 Å². The lowest BCUT2D eigenvalue weighted by Crippen LogP contribution is -1.90. The minimum atomic E-state index is -0.0596. The number of aliphatic imine (C=N–C) groups is 1. The number of amides is 1. The van der Waals surface area contributed by atoms with Crippen LogP contribution < -0.4 is 0 Å². The molecule has 0 saturated heterocycles. The van der Waals surface area contributed by atoms with Gasteiger partial charge in [-0.3, -0.25) is 4.79 Å². The van der Waals surface area contributed by atoms with Crippen molar-refractivity contribution in [1.82, 2.24) is 0 Å². The van der Waals surface area contributed by atoms with Crippen molar-refractivity contribution in [3.05, 3.63) is 23.7 Å². The first-order chi connectivity index (χ1) is 5.77. The number of furan rings is 1. The number of rotatable bonds is 1. The molecule has 0 aromatic carbocycles. The fourth-order valence-corrected chi connectivity index (χ4v) is 1.91. The van der Waals surface area contributed by atoms with Gasteiger partial charge < -0.3 is 4.42 Å². The predicted octanol–water partition coefficient (Wildman–Crippen LogP) is 1.61. The highest BCUT2D eigenvalue weighted by atomic mass is 32.2. The van der Waals surface area contributed by atoms with Gasteiger partial charge in [0.2, 0.25) is 0 Å². The summed E-state index contributed by atoms with van der Waals surface area (Å²) in [6.45, 7) is 1.86. The molecule has 0 radical (unpaired) electrons. The van der Waals surface area contributed by atoms with Crippen molar-refractivity contribution in [2.45, 2.75) is 6.92 Å². The van der Waals surface area contributed by atoms with E-state index in [2.05, 4.69) is 4.99 Å². The second-order valence-corrected chi connectivity index (χ2v) is 3.45. The fraction of sp³-hybridized carbons (Fsp3) is 0.250. The zero-order valence-electron chi connectivity index (χ0n) is 6.53. The second kappa shape index (κ2) is 2.79. The Balaban J connectivity index is 2.38. The van der Waals surface area contributed by atoms with Gasteiger partial charge in [-0.05, 0) is 13.0 Å². The van der Waals surface area contributed by atoms with Crippen molar-refractivity contribution in [3.8, 4) is 0 Å². The minimum absolute atomic E-state index is 0.0596. The Morgan fingerprint density at radius 1 is 1.67 bits per heavy atom. The van der Waals surface area contributed by atoms with Crippen LogP contribution >= 0.6 is 11.8 Å². The zero-order valence-corrected chi connectivity index (χ0v) is 7.35. The molecule has 0 N–H and O–H groups in total. The summed E-state index contributed by atoms with van der Waals surface area (Å²) in [5.41, 5.74) is 0.936. The normalized spacial score (nSPS) is 16.8. The standard InChI is InChI=1S/C8H7NO2S/c1-5-6(2-3-11-5)8-9-7(10)4-12-8/h2-3H,4H2,1H3. The van der Waals surface area contributed by atoms with E-state index < -0.39 is 0 Å². The molecule has 1 amide bonds. The molecule has 4 heteroatoms. The van der Waals surface area contributed by atoms with Crippen molar-refractivity contribution >= 4 is 22.7 Å². The number of hydrogen-bond donors (Lipinski definition) is 0. The van der Waals surface area contributed by atoms with Gasteiger partial charge in [-0.25, -0.2) is 4.99 Å². The molecule has 1 aliphatic heterocycles. The summed E-state index contributed by atoms with van der Waals surface area (Å²) in [6.07, 6.45) is 1.61. The Labute approximate surface area is 73.9 Å². The van der Waals surface area contributed by atoms with Crippen LogP contribution in [-0.4, -0.2) is 16.7 Å². The number of hydrogen-bond acceptors (Lipinski definition) is 3. The van der Waals surface area contributed by atoms with Crippen LogP contribution in [0.25, 0.3) is 0 Å². The topological polar surface area (TPSA) is 42.6 Å². The molecule has 2 heterocycles. The van der Waals surface area contributed by atoms with Crippen LogP contribution in [0.15, 0.2) is 21.7 Å². The molecule has 0 atom stereocenters. The van der Waals surface area contributed by atoms with Crippen molar-refractivity contribution in [2.75, 3.05) is 5.75 Å². The molecule has 1 aromatic rings. The van der Waals surface area contributed by atoms with Gasteiger partial charge in [0.1, 0.15) is 10.8 Å². The molecule has 2 rings (SSSR count). The molecular formula is C8H7NO2S. The van der Waals surface area contributed by atoms with E-state index in [0.717, 1.165) is 16.4 Å². The van der Waals surface area contributed by atoms with E-state index in [4.69, 9.17) is 4.42 Å². The number of nitrogens with zero attached hydrogens (tertiary/aromatic N) is 1. The largest absolute Gasteiger partial charge is 0.469 e. The molecule has 62 valence electrons. The molecule has 0 bridgehead atoms. The van der Waals surface area contributed by atoms with Gasteiger partial charge in [0.05, 0.1) is 12.0 Å². The Morgan fingerprint density at radius 2 is 2.50 bits per heavy atom. The van der Waals surface area contributed by atoms with Gasteiger partial charge in [-0.15, -0.1) is 0 Å². The van der Waals surface area contributed by atoms with E-state index in [0.29, 0.717) is 5.75 Å². The fourth-order valence-electron chi connectivity index (χ4n) is 1.05. The van der Waals surface area contributed by atoms with Crippen molar-refractivity contribution < 1.29 is 9.21 Å². The number of carbonyl (C=O) groups excluding carboxylic acids is 1. The summed E-state index contributed by atoms with van der Waals surface area (Å²) in [6, 6.07) is 1.83. The van der Waals surface area contributed by atoms with E-state index in [1.165, 1.54) is 11.8 Å². The van der Waals surface area contributed by atoms with Gasteiger partial charge in [-0.2, -0.15) is 0 Å². The highest BCUT2D eigenvalue weighted by Gasteiger charge is 2.18. The minimum Gasteiger partial charge on any atom is -0.469 e. The van der Waals surface area contributed by atoms with Crippen molar-refractivity contribution in [2.24, 2.45) is 4.99 Å². The summed E-state index contributed by atoms with van der Waals surface area (Å²) >= 11 is 1.46. The Hall–Kier alpha value is -1.03. The lowest BCUT2D eigenvalue weighted by Gasteiger charge is -1.93. The first-order valence-electron chi connectivity index (χ1n) is 3.56. The van der Waals surface area contributed by atoms with Crippen LogP contribution in [-0.2, 0) is 4.79 Å². The van der Waals surface area contributed by atoms with Gasteiger partial charge in [0.15, 0.2) is 0 Å². The smallest absolute Gasteiger partial charge is 0.257 e. The van der Waals surface area contributed by atoms with Crippen LogP contribution in [0, 0.1) is 6.92 Å². The van der Waals surface area contributed by atoms with Gasteiger partial charge in [0.25, 0.3) is 5.91 Å². The van der Waals surface area contributed by atoms with E-state index in [1.54, 1.807) is 6.26 Å². The number of aryl methyl sites for hydroxylation is 1. The van der Waals surface area contributed by atoms with Crippen LogP contribution in [0.1, 0.15) is 11.3 Å². The molecular weight excluding hydrogens is 174 g/mol. The zero-order chi connectivity index (χ0) is 8.55. The first kappa shape index (κ1) is 7.61. The Kier molecular flexibility index (Phi) is 1.77. The van der Waals surface area contributed by atoms with Crippen LogP contribution in [0.5, 0.6) is 0 Å². The van der Waals surface area contributed by atoms with E-state index >= 15 is 0 Å². The second-order valence-electron chi connectivity index (χ2n) is 2.49. The van der Waals surface area contributed by atoms with Crippen LogP contribution in [0.2, 0.25) is 0 Å². The number of carbonyl (C=O) groups is 1. The summed E-state index contributed by atoms with van der Waals surface area (Å²) in [4.78, 5) is 14.7. The van der Waals surface area contributed by atoms with E-state index in [9.17, 15) is 4.79 Å². The predicted molar refractivity (Wildman–Crippen MR) is 47.4 cm³/mol. The first-order valence-corrected chi connectivity index (χ1v) is 4.55. The SMILES string of the molecule is Cc1occc1C1=NC(=O)CS1. The highest BCUT2D eigenvalue weighted by Crippen LogP contribution is 2.22. The summed E-state index contributed by atoms with van der Waals surface area (Å²) in [5, 5.41) is 0.784. The third-order valence-electron chi connectivity index (χ3n) is 1.65. The molecule has 1 aromatic heterocycles. The van der Waals surface area contributed by atoms with E-state index in [-0.39, 0.29) is 5.91 Å². The summed E-state index contributed by atoms with van der Waals surface area (Å²) in [5.74, 6) is 1.21. The molecule has 0 unspecified atom stereocenters. The maximum atomic E-state index is 10.8. The molecule has 3 nitrogen and oxygen atoms in total. The molecule has 0 fully saturated rings. The highest BCUT2D eigenvalue weighted by molar-refractivity contribution is 8.15. The van der Waals surface area contributed by atoms with Crippen LogP contribution in [0.3, 0.4) is 0 Å². The summed E-state index contributed by atoms with van der Waals surface area (Å²) in [7, 11) is 0. The quantitative estimate of drug-likeness (QED) is 0.661. The lowest BCUT2D eigenvalue weighted by molar-refractivity contribution is -0.115. The number of thioether (sulfide) groups is 1. The molecule has 12 heavy (non-hydrogen) atoms. The molecule has 1 aliphatic rings.